The maximum atomic E-state index is 12.8. The largest absolute Gasteiger partial charge is 0.331 e. The SMILES string of the molecule is CCC/C(CC)=C1/c2ccccc2-c2ccc(C(=O)/C(C)=N\OC(C)=O)cc21. The molecule has 0 heterocycles. The third-order valence-corrected chi connectivity index (χ3v) is 5.01. The van der Waals surface area contributed by atoms with Crippen molar-refractivity contribution in [3.8, 4) is 11.1 Å². The standard InChI is InChI=1S/C24H25NO3/c1-5-9-17(6-2)23-21-11-8-7-10-19(21)20-13-12-18(14-22(20)23)24(27)15(3)25-28-16(4)26/h7-8,10-14H,5-6,9H2,1-4H3/b23-17-,25-15-. The first-order valence-electron chi connectivity index (χ1n) is 9.71. The molecule has 2 aromatic carbocycles. The molecule has 0 saturated carbocycles. The highest BCUT2D eigenvalue weighted by atomic mass is 16.7. The molecule has 0 unspecified atom stereocenters. The molecule has 0 aromatic heterocycles. The number of rotatable bonds is 6. The van der Waals surface area contributed by atoms with E-state index >= 15 is 0 Å². The van der Waals surface area contributed by atoms with Crippen molar-refractivity contribution in [3.63, 3.8) is 0 Å². The summed E-state index contributed by atoms with van der Waals surface area (Å²) < 4.78 is 0. The van der Waals surface area contributed by atoms with Crippen LogP contribution in [-0.4, -0.2) is 17.5 Å². The summed E-state index contributed by atoms with van der Waals surface area (Å²) in [6, 6.07) is 14.2. The van der Waals surface area contributed by atoms with Gasteiger partial charge in [-0.3, -0.25) is 4.79 Å². The zero-order chi connectivity index (χ0) is 20.3. The van der Waals surface area contributed by atoms with Gasteiger partial charge in [-0.25, -0.2) is 4.79 Å². The van der Waals surface area contributed by atoms with Gasteiger partial charge in [0, 0.05) is 12.5 Å². The molecule has 0 spiro atoms. The van der Waals surface area contributed by atoms with Gasteiger partial charge in [-0.1, -0.05) is 67.4 Å². The lowest BCUT2D eigenvalue weighted by Crippen LogP contribution is -2.12. The molecule has 4 heteroatoms. The Balaban J connectivity index is 2.12. The zero-order valence-corrected chi connectivity index (χ0v) is 16.8. The molecule has 0 amide bonds. The lowest BCUT2D eigenvalue weighted by Gasteiger charge is -2.12. The highest BCUT2D eigenvalue weighted by Gasteiger charge is 2.26. The summed E-state index contributed by atoms with van der Waals surface area (Å²) >= 11 is 0. The second kappa shape index (κ2) is 8.34. The van der Waals surface area contributed by atoms with E-state index in [2.05, 4.69) is 42.0 Å². The number of allylic oxidation sites excluding steroid dienone is 1. The van der Waals surface area contributed by atoms with Crippen molar-refractivity contribution in [3.05, 3.63) is 64.7 Å². The summed E-state index contributed by atoms with van der Waals surface area (Å²) in [6.07, 6.45) is 3.09. The van der Waals surface area contributed by atoms with Gasteiger partial charge in [-0.05, 0) is 53.7 Å². The van der Waals surface area contributed by atoms with Gasteiger partial charge in [0.2, 0.25) is 5.78 Å². The first kappa shape index (κ1) is 19.7. The second-order valence-corrected chi connectivity index (χ2v) is 6.98. The number of nitrogens with zero attached hydrogens (tertiary/aromatic N) is 1. The first-order chi connectivity index (χ1) is 13.5. The lowest BCUT2D eigenvalue weighted by atomic mass is 9.92. The van der Waals surface area contributed by atoms with Crippen molar-refractivity contribution in [2.24, 2.45) is 5.16 Å². The topological polar surface area (TPSA) is 55.7 Å². The molecular formula is C24H25NO3. The number of Topliss-reactive ketones (excluding diaryl/α,β-unsaturated/α-hetero) is 1. The smallest absolute Gasteiger partial charge is 0.318 e. The minimum absolute atomic E-state index is 0.153. The van der Waals surface area contributed by atoms with Crippen LogP contribution in [0.4, 0.5) is 0 Å². The Bertz CT molecular complexity index is 999. The van der Waals surface area contributed by atoms with Gasteiger partial charge in [-0.15, -0.1) is 0 Å². The van der Waals surface area contributed by atoms with Gasteiger partial charge in [0.05, 0.1) is 0 Å². The third-order valence-electron chi connectivity index (χ3n) is 5.01. The van der Waals surface area contributed by atoms with Gasteiger partial charge in [0.1, 0.15) is 5.71 Å². The van der Waals surface area contributed by atoms with Crippen LogP contribution < -0.4 is 0 Å². The predicted molar refractivity (Wildman–Crippen MR) is 112 cm³/mol. The average molecular weight is 375 g/mol. The molecule has 28 heavy (non-hydrogen) atoms. The van der Waals surface area contributed by atoms with Gasteiger partial charge in [0.25, 0.3) is 0 Å². The van der Waals surface area contributed by atoms with E-state index in [1.165, 1.54) is 29.2 Å². The molecule has 3 rings (SSSR count). The van der Waals surface area contributed by atoms with Crippen LogP contribution in [0.5, 0.6) is 0 Å². The van der Waals surface area contributed by atoms with E-state index in [-0.39, 0.29) is 11.5 Å². The molecule has 0 aliphatic heterocycles. The molecule has 0 fully saturated rings. The van der Waals surface area contributed by atoms with E-state index in [9.17, 15) is 9.59 Å². The molecule has 4 nitrogen and oxygen atoms in total. The number of carbonyl (C=O) groups is 2. The van der Waals surface area contributed by atoms with Crippen LogP contribution in [0, 0.1) is 0 Å². The van der Waals surface area contributed by atoms with Crippen molar-refractivity contribution in [2.45, 2.75) is 47.0 Å². The van der Waals surface area contributed by atoms with Gasteiger partial charge >= 0.3 is 5.97 Å². The fourth-order valence-electron chi connectivity index (χ4n) is 3.75. The Morgan fingerprint density at radius 2 is 1.61 bits per heavy atom. The Morgan fingerprint density at radius 3 is 2.25 bits per heavy atom. The molecule has 0 saturated heterocycles. The molecule has 0 bridgehead atoms. The minimum Gasteiger partial charge on any atom is -0.318 e. The van der Waals surface area contributed by atoms with E-state index < -0.39 is 5.97 Å². The predicted octanol–water partition coefficient (Wildman–Crippen LogP) is 5.80. The fraction of sp³-hybridized carbons (Fsp3) is 0.292. The number of ketones is 1. The van der Waals surface area contributed by atoms with Crippen LogP contribution in [0.3, 0.4) is 0 Å². The normalized spacial score (nSPS) is 14.4. The second-order valence-electron chi connectivity index (χ2n) is 6.98. The quantitative estimate of drug-likeness (QED) is 0.237. The van der Waals surface area contributed by atoms with E-state index in [4.69, 9.17) is 0 Å². The van der Waals surface area contributed by atoms with Crippen LogP contribution in [0.1, 0.15) is 68.4 Å². The van der Waals surface area contributed by atoms with Gasteiger partial charge in [0.15, 0.2) is 0 Å². The van der Waals surface area contributed by atoms with Gasteiger partial charge in [-0.2, -0.15) is 0 Å². The Kier molecular flexibility index (Phi) is 5.88. The lowest BCUT2D eigenvalue weighted by molar-refractivity contribution is -0.140. The number of oxime groups is 1. The van der Waals surface area contributed by atoms with E-state index in [1.807, 2.05) is 24.3 Å². The number of carbonyl (C=O) groups excluding carboxylic acids is 2. The number of hydrogen-bond acceptors (Lipinski definition) is 4. The van der Waals surface area contributed by atoms with E-state index in [1.54, 1.807) is 6.92 Å². The van der Waals surface area contributed by atoms with Crippen LogP contribution >= 0.6 is 0 Å². The number of hydrogen-bond donors (Lipinski definition) is 0. The molecular weight excluding hydrogens is 350 g/mol. The van der Waals surface area contributed by atoms with Crippen molar-refractivity contribution < 1.29 is 14.4 Å². The molecule has 0 N–H and O–H groups in total. The Labute approximate surface area is 165 Å². The summed E-state index contributed by atoms with van der Waals surface area (Å²) in [4.78, 5) is 28.3. The summed E-state index contributed by atoms with van der Waals surface area (Å²) in [5.41, 5.74) is 8.04. The van der Waals surface area contributed by atoms with Gasteiger partial charge < -0.3 is 4.84 Å². The van der Waals surface area contributed by atoms with Crippen molar-refractivity contribution >= 4 is 23.0 Å². The van der Waals surface area contributed by atoms with Crippen molar-refractivity contribution in [1.82, 2.24) is 0 Å². The molecule has 2 aromatic rings. The molecule has 0 radical (unpaired) electrons. The highest BCUT2D eigenvalue weighted by molar-refractivity contribution is 6.45. The van der Waals surface area contributed by atoms with Crippen LogP contribution in [-0.2, 0) is 9.63 Å². The summed E-state index contributed by atoms with van der Waals surface area (Å²) in [5, 5.41) is 3.64. The minimum atomic E-state index is -0.547. The third kappa shape index (κ3) is 3.68. The monoisotopic (exact) mass is 375 g/mol. The van der Waals surface area contributed by atoms with Crippen LogP contribution in [0.25, 0.3) is 16.7 Å². The zero-order valence-electron chi connectivity index (χ0n) is 16.8. The maximum absolute atomic E-state index is 12.8. The first-order valence-corrected chi connectivity index (χ1v) is 9.71. The number of fused-ring (bicyclic) bond motifs is 3. The van der Waals surface area contributed by atoms with Crippen molar-refractivity contribution in [1.29, 1.82) is 0 Å². The fourth-order valence-corrected chi connectivity index (χ4v) is 3.75. The average Bonchev–Trinajstić information content (AvgIpc) is 3.03. The highest BCUT2D eigenvalue weighted by Crippen LogP contribution is 2.47. The van der Waals surface area contributed by atoms with Crippen LogP contribution in [0.15, 0.2) is 53.2 Å². The summed E-state index contributed by atoms with van der Waals surface area (Å²) in [5.74, 6) is -0.790. The Hall–Kier alpha value is -3.01. The molecule has 1 aliphatic rings. The summed E-state index contributed by atoms with van der Waals surface area (Å²) in [7, 11) is 0. The number of benzene rings is 2. The van der Waals surface area contributed by atoms with Crippen molar-refractivity contribution in [2.75, 3.05) is 0 Å². The van der Waals surface area contributed by atoms with E-state index in [0.717, 1.165) is 30.4 Å². The van der Waals surface area contributed by atoms with Crippen LogP contribution in [0.2, 0.25) is 0 Å². The maximum Gasteiger partial charge on any atom is 0.331 e. The summed E-state index contributed by atoms with van der Waals surface area (Å²) in [6.45, 7) is 7.18. The molecule has 0 atom stereocenters. The Morgan fingerprint density at radius 1 is 0.929 bits per heavy atom. The molecule has 144 valence electrons. The molecule has 1 aliphatic carbocycles. The van der Waals surface area contributed by atoms with E-state index in [0.29, 0.717) is 5.56 Å².